The normalized spacial score (nSPS) is 20.9. The molecule has 0 saturated carbocycles. The minimum Gasteiger partial charge on any atom is -0.369 e. The number of amides is 2. The maximum Gasteiger partial charge on any atom is 0.247 e. The fourth-order valence-corrected chi connectivity index (χ4v) is 4.16. The molecule has 0 radical (unpaired) electrons. The van der Waals surface area contributed by atoms with E-state index < -0.39 is 0 Å². The summed E-state index contributed by atoms with van der Waals surface area (Å²) in [4.78, 5) is 31.1. The van der Waals surface area contributed by atoms with Gasteiger partial charge in [0.2, 0.25) is 11.8 Å². The molecule has 0 aliphatic carbocycles. The molecule has 0 unspecified atom stereocenters. The molecule has 2 aliphatic rings. The van der Waals surface area contributed by atoms with Crippen LogP contribution < -0.4 is 4.90 Å². The number of carbonyl (C=O) groups is 2. The van der Waals surface area contributed by atoms with Crippen molar-refractivity contribution < 1.29 is 9.59 Å². The summed E-state index contributed by atoms with van der Waals surface area (Å²) in [6.07, 6.45) is 0.254. The number of nitrogens with zero attached hydrogens (tertiary/aromatic N) is 3. The average Bonchev–Trinajstić information content (AvgIpc) is 2.98. The SMILES string of the molecule is O=C1C[C@@H](N2CCN(c3cccc(Cl)c3)CC2)C(=O)N1Cc1ccc(Cl)cc1. The molecule has 146 valence electrons. The first-order chi connectivity index (χ1) is 13.5. The Bertz CT molecular complexity index is 879. The highest BCUT2D eigenvalue weighted by Crippen LogP contribution is 2.25. The van der Waals surface area contributed by atoms with Gasteiger partial charge in [-0.1, -0.05) is 41.4 Å². The molecule has 0 N–H and O–H groups in total. The molecule has 0 bridgehead atoms. The van der Waals surface area contributed by atoms with Crippen molar-refractivity contribution in [3.05, 3.63) is 64.1 Å². The molecule has 28 heavy (non-hydrogen) atoms. The zero-order valence-electron chi connectivity index (χ0n) is 15.4. The van der Waals surface area contributed by atoms with Crippen molar-refractivity contribution in [1.29, 1.82) is 0 Å². The van der Waals surface area contributed by atoms with Gasteiger partial charge < -0.3 is 4.90 Å². The van der Waals surface area contributed by atoms with E-state index in [1.807, 2.05) is 36.4 Å². The molecule has 1 atom stereocenters. The number of benzene rings is 2. The molecule has 2 heterocycles. The van der Waals surface area contributed by atoms with Crippen molar-refractivity contribution in [2.45, 2.75) is 19.0 Å². The number of likely N-dealkylation sites (tertiary alicyclic amines) is 1. The lowest BCUT2D eigenvalue weighted by Crippen LogP contribution is -2.52. The number of piperazine rings is 1. The summed E-state index contributed by atoms with van der Waals surface area (Å²) in [5, 5.41) is 1.35. The first kappa shape index (κ1) is 19.2. The van der Waals surface area contributed by atoms with Crippen LogP contribution in [-0.4, -0.2) is 53.8 Å². The summed E-state index contributed by atoms with van der Waals surface area (Å²) in [7, 11) is 0. The Labute approximate surface area is 174 Å². The fourth-order valence-electron chi connectivity index (χ4n) is 3.85. The smallest absolute Gasteiger partial charge is 0.247 e. The Kier molecular flexibility index (Phi) is 5.58. The van der Waals surface area contributed by atoms with Crippen molar-refractivity contribution in [2.75, 3.05) is 31.1 Å². The topological polar surface area (TPSA) is 43.9 Å². The lowest BCUT2D eigenvalue weighted by Gasteiger charge is -2.38. The molecule has 2 saturated heterocycles. The van der Waals surface area contributed by atoms with Gasteiger partial charge in [0.05, 0.1) is 19.0 Å². The number of anilines is 1. The zero-order valence-corrected chi connectivity index (χ0v) is 16.9. The molecular weight excluding hydrogens is 397 g/mol. The predicted octanol–water partition coefficient (Wildman–Crippen LogP) is 3.44. The number of halogens is 2. The summed E-state index contributed by atoms with van der Waals surface area (Å²) in [6, 6.07) is 14.7. The van der Waals surface area contributed by atoms with Crippen LogP contribution in [0.4, 0.5) is 5.69 Å². The predicted molar refractivity (Wildman–Crippen MR) is 111 cm³/mol. The second-order valence-electron chi connectivity index (χ2n) is 7.17. The Morgan fingerprint density at radius 1 is 0.893 bits per heavy atom. The number of carbonyl (C=O) groups excluding carboxylic acids is 2. The van der Waals surface area contributed by atoms with Crippen molar-refractivity contribution in [2.24, 2.45) is 0 Å². The van der Waals surface area contributed by atoms with Crippen LogP contribution in [0, 0.1) is 0 Å². The van der Waals surface area contributed by atoms with Crippen LogP contribution in [-0.2, 0) is 16.1 Å². The third-order valence-electron chi connectivity index (χ3n) is 5.40. The monoisotopic (exact) mass is 417 g/mol. The Morgan fingerprint density at radius 3 is 2.29 bits per heavy atom. The Balaban J connectivity index is 1.38. The Hall–Kier alpha value is -2.08. The average molecular weight is 418 g/mol. The Morgan fingerprint density at radius 2 is 1.61 bits per heavy atom. The molecule has 5 nitrogen and oxygen atoms in total. The molecule has 2 fully saturated rings. The van der Waals surface area contributed by atoms with Gasteiger partial charge in [-0.25, -0.2) is 0 Å². The molecular formula is C21H21Cl2N3O2. The summed E-state index contributed by atoms with van der Waals surface area (Å²) in [5.41, 5.74) is 1.99. The molecule has 0 aromatic heterocycles. The molecule has 4 rings (SSSR count). The molecule has 7 heteroatoms. The van der Waals surface area contributed by atoms with E-state index in [4.69, 9.17) is 23.2 Å². The molecule has 2 amide bonds. The molecule has 2 aromatic carbocycles. The first-order valence-electron chi connectivity index (χ1n) is 9.34. The van der Waals surface area contributed by atoms with E-state index in [2.05, 4.69) is 9.80 Å². The highest BCUT2D eigenvalue weighted by atomic mass is 35.5. The van der Waals surface area contributed by atoms with Gasteiger partial charge in [-0.05, 0) is 35.9 Å². The standard InChI is InChI=1S/C21H21Cl2N3O2/c22-16-6-4-15(5-7-16)14-26-20(27)13-19(21(26)28)25-10-8-24(9-11-25)18-3-1-2-17(23)12-18/h1-7,12,19H,8-11,13-14H2/t19-/m1/s1. The van der Waals surface area contributed by atoms with Crippen LogP contribution in [0.15, 0.2) is 48.5 Å². The van der Waals surface area contributed by atoms with Gasteiger partial charge in [-0.3, -0.25) is 19.4 Å². The lowest BCUT2D eigenvalue weighted by atomic mass is 10.1. The third-order valence-corrected chi connectivity index (χ3v) is 5.89. The van der Waals surface area contributed by atoms with E-state index in [0.29, 0.717) is 16.6 Å². The van der Waals surface area contributed by atoms with Crippen molar-refractivity contribution in [1.82, 2.24) is 9.80 Å². The highest BCUT2D eigenvalue weighted by molar-refractivity contribution is 6.31. The largest absolute Gasteiger partial charge is 0.369 e. The highest BCUT2D eigenvalue weighted by Gasteiger charge is 2.42. The molecule has 2 aromatic rings. The van der Waals surface area contributed by atoms with E-state index in [1.54, 1.807) is 12.1 Å². The quantitative estimate of drug-likeness (QED) is 0.714. The van der Waals surface area contributed by atoms with Gasteiger partial charge in [-0.15, -0.1) is 0 Å². The summed E-state index contributed by atoms with van der Waals surface area (Å²) in [5.74, 6) is -0.210. The zero-order chi connectivity index (χ0) is 19.7. The minimum atomic E-state index is -0.360. The maximum atomic E-state index is 12.9. The summed E-state index contributed by atoms with van der Waals surface area (Å²) >= 11 is 12.0. The van der Waals surface area contributed by atoms with E-state index in [1.165, 1.54) is 4.90 Å². The van der Waals surface area contributed by atoms with E-state index >= 15 is 0 Å². The fraction of sp³-hybridized carbons (Fsp3) is 0.333. The number of hydrogen-bond donors (Lipinski definition) is 0. The van der Waals surface area contributed by atoms with Crippen molar-refractivity contribution in [3.8, 4) is 0 Å². The van der Waals surface area contributed by atoms with Gasteiger partial charge in [0.25, 0.3) is 0 Å². The second-order valence-corrected chi connectivity index (χ2v) is 8.04. The van der Waals surface area contributed by atoms with E-state index in [9.17, 15) is 9.59 Å². The van der Waals surface area contributed by atoms with Crippen molar-refractivity contribution in [3.63, 3.8) is 0 Å². The van der Waals surface area contributed by atoms with Gasteiger partial charge in [-0.2, -0.15) is 0 Å². The van der Waals surface area contributed by atoms with Gasteiger partial charge in [0.1, 0.15) is 0 Å². The van der Waals surface area contributed by atoms with Gasteiger partial charge >= 0.3 is 0 Å². The minimum absolute atomic E-state index is 0.101. The van der Waals surface area contributed by atoms with Crippen molar-refractivity contribution >= 4 is 40.7 Å². The van der Waals surface area contributed by atoms with E-state index in [0.717, 1.165) is 37.4 Å². The van der Waals surface area contributed by atoms with Crippen LogP contribution in [0.3, 0.4) is 0 Å². The van der Waals surface area contributed by atoms with Crippen LogP contribution in [0.25, 0.3) is 0 Å². The van der Waals surface area contributed by atoms with Crippen LogP contribution >= 0.6 is 23.2 Å². The maximum absolute atomic E-state index is 12.9. The van der Waals surface area contributed by atoms with Gasteiger partial charge in [0, 0.05) is 41.9 Å². The summed E-state index contributed by atoms with van der Waals surface area (Å²) < 4.78 is 0. The van der Waals surface area contributed by atoms with E-state index in [-0.39, 0.29) is 24.3 Å². The summed E-state index contributed by atoms with van der Waals surface area (Å²) in [6.45, 7) is 3.38. The van der Waals surface area contributed by atoms with Gasteiger partial charge in [0.15, 0.2) is 0 Å². The second kappa shape index (κ2) is 8.11. The molecule has 2 aliphatic heterocycles. The number of rotatable bonds is 4. The number of imide groups is 1. The lowest BCUT2D eigenvalue weighted by molar-refractivity contribution is -0.140. The number of hydrogen-bond acceptors (Lipinski definition) is 4. The third kappa shape index (κ3) is 4.02. The van der Waals surface area contributed by atoms with Crippen LogP contribution in [0.1, 0.15) is 12.0 Å². The van der Waals surface area contributed by atoms with Crippen LogP contribution in [0.5, 0.6) is 0 Å². The van der Waals surface area contributed by atoms with Crippen LogP contribution in [0.2, 0.25) is 10.0 Å². The first-order valence-corrected chi connectivity index (χ1v) is 10.1. The molecule has 0 spiro atoms.